The molecule has 0 unspecified atom stereocenters. The van der Waals surface area contributed by atoms with Crippen molar-refractivity contribution in [3.63, 3.8) is 0 Å². The molecule has 0 aliphatic carbocycles. The standard InChI is InChI=1S/C14H20N4O/c1-11-3-4-12(19-11)5-9-16-14-7-10-17-13(18-14)6-8-15-2/h3-4,7,10,15H,5-6,8-9H2,1-2H3,(H,16,17,18). The molecule has 2 heterocycles. The second-order valence-electron chi connectivity index (χ2n) is 4.40. The van der Waals surface area contributed by atoms with Gasteiger partial charge in [-0.25, -0.2) is 9.97 Å². The average molecular weight is 260 g/mol. The van der Waals surface area contributed by atoms with Crippen LogP contribution in [0.5, 0.6) is 0 Å². The summed E-state index contributed by atoms with van der Waals surface area (Å²) < 4.78 is 5.52. The van der Waals surface area contributed by atoms with Gasteiger partial charge in [0, 0.05) is 32.1 Å². The van der Waals surface area contributed by atoms with Crippen molar-refractivity contribution in [3.05, 3.63) is 41.7 Å². The van der Waals surface area contributed by atoms with Gasteiger partial charge in [-0.2, -0.15) is 0 Å². The summed E-state index contributed by atoms with van der Waals surface area (Å²) in [4.78, 5) is 8.69. The summed E-state index contributed by atoms with van der Waals surface area (Å²) in [6.07, 6.45) is 3.48. The molecule has 0 radical (unpaired) electrons. The van der Waals surface area contributed by atoms with Crippen LogP contribution in [0.15, 0.2) is 28.8 Å². The van der Waals surface area contributed by atoms with Crippen molar-refractivity contribution in [1.82, 2.24) is 15.3 Å². The highest BCUT2D eigenvalue weighted by Gasteiger charge is 2.01. The number of anilines is 1. The highest BCUT2D eigenvalue weighted by atomic mass is 16.3. The first-order valence-corrected chi connectivity index (χ1v) is 6.53. The zero-order chi connectivity index (χ0) is 13.5. The normalized spacial score (nSPS) is 10.6. The summed E-state index contributed by atoms with van der Waals surface area (Å²) in [6.45, 7) is 3.64. The van der Waals surface area contributed by atoms with Gasteiger partial charge in [0.25, 0.3) is 0 Å². The molecule has 0 aromatic carbocycles. The monoisotopic (exact) mass is 260 g/mol. The lowest BCUT2D eigenvalue weighted by Crippen LogP contribution is -2.13. The molecule has 0 spiro atoms. The number of furan rings is 1. The molecular formula is C14H20N4O. The van der Waals surface area contributed by atoms with E-state index in [2.05, 4.69) is 20.6 Å². The molecule has 5 heteroatoms. The first-order chi connectivity index (χ1) is 9.28. The van der Waals surface area contributed by atoms with Crippen molar-refractivity contribution in [3.8, 4) is 0 Å². The van der Waals surface area contributed by atoms with E-state index in [1.807, 2.05) is 32.2 Å². The lowest BCUT2D eigenvalue weighted by atomic mass is 10.3. The molecule has 19 heavy (non-hydrogen) atoms. The van der Waals surface area contributed by atoms with Crippen LogP contribution in [0, 0.1) is 6.92 Å². The highest BCUT2D eigenvalue weighted by molar-refractivity contribution is 5.33. The Labute approximate surface area is 113 Å². The van der Waals surface area contributed by atoms with Crippen molar-refractivity contribution < 1.29 is 4.42 Å². The van der Waals surface area contributed by atoms with Crippen LogP contribution in [0.2, 0.25) is 0 Å². The summed E-state index contributed by atoms with van der Waals surface area (Å²) in [5, 5.41) is 6.38. The SMILES string of the molecule is CNCCc1nccc(NCCc2ccc(C)o2)n1. The van der Waals surface area contributed by atoms with E-state index in [0.717, 1.165) is 49.1 Å². The molecule has 5 nitrogen and oxygen atoms in total. The van der Waals surface area contributed by atoms with Crippen LogP contribution in [-0.2, 0) is 12.8 Å². The van der Waals surface area contributed by atoms with Crippen molar-refractivity contribution in [2.45, 2.75) is 19.8 Å². The number of hydrogen-bond acceptors (Lipinski definition) is 5. The fourth-order valence-electron chi connectivity index (χ4n) is 1.79. The van der Waals surface area contributed by atoms with Gasteiger partial charge in [0.05, 0.1) is 0 Å². The average Bonchev–Trinajstić information content (AvgIpc) is 2.83. The van der Waals surface area contributed by atoms with Crippen molar-refractivity contribution in [1.29, 1.82) is 0 Å². The van der Waals surface area contributed by atoms with E-state index < -0.39 is 0 Å². The Morgan fingerprint density at radius 1 is 1.16 bits per heavy atom. The van der Waals surface area contributed by atoms with Crippen molar-refractivity contribution >= 4 is 5.82 Å². The predicted molar refractivity (Wildman–Crippen MR) is 75.3 cm³/mol. The molecule has 2 N–H and O–H groups in total. The summed E-state index contributed by atoms with van der Waals surface area (Å²) in [5.41, 5.74) is 0. The Hall–Kier alpha value is -1.88. The van der Waals surface area contributed by atoms with Crippen LogP contribution in [0.3, 0.4) is 0 Å². The van der Waals surface area contributed by atoms with Crippen molar-refractivity contribution in [2.24, 2.45) is 0 Å². The van der Waals surface area contributed by atoms with Crippen LogP contribution in [0.4, 0.5) is 5.82 Å². The van der Waals surface area contributed by atoms with Crippen molar-refractivity contribution in [2.75, 3.05) is 25.5 Å². The third-order valence-electron chi connectivity index (χ3n) is 2.78. The molecule has 2 aromatic rings. The zero-order valence-corrected chi connectivity index (χ0v) is 11.4. The Bertz CT molecular complexity index is 510. The quantitative estimate of drug-likeness (QED) is 0.794. The number of aromatic nitrogens is 2. The summed E-state index contributed by atoms with van der Waals surface area (Å²) in [5.74, 6) is 3.67. The largest absolute Gasteiger partial charge is 0.466 e. The van der Waals surface area contributed by atoms with Crippen LogP contribution in [-0.4, -0.2) is 30.1 Å². The third kappa shape index (κ3) is 4.37. The fraction of sp³-hybridized carbons (Fsp3) is 0.429. The Kier molecular flexibility index (Phi) is 4.92. The molecule has 2 rings (SSSR count). The molecule has 0 saturated carbocycles. The van der Waals surface area contributed by atoms with Crippen LogP contribution in [0.1, 0.15) is 17.3 Å². The molecular weight excluding hydrogens is 240 g/mol. The van der Waals surface area contributed by atoms with Gasteiger partial charge >= 0.3 is 0 Å². The minimum absolute atomic E-state index is 0.801. The maximum Gasteiger partial charge on any atom is 0.131 e. The molecule has 0 aliphatic heterocycles. The van der Waals surface area contributed by atoms with E-state index in [9.17, 15) is 0 Å². The maximum atomic E-state index is 5.52. The topological polar surface area (TPSA) is 63.0 Å². The number of aryl methyl sites for hydroxylation is 1. The predicted octanol–water partition coefficient (Wildman–Crippen LogP) is 1.79. The van der Waals surface area contributed by atoms with Crippen LogP contribution >= 0.6 is 0 Å². The first-order valence-electron chi connectivity index (χ1n) is 6.53. The minimum atomic E-state index is 0.801. The second-order valence-corrected chi connectivity index (χ2v) is 4.40. The van der Waals surface area contributed by atoms with Gasteiger partial charge in [0.1, 0.15) is 23.2 Å². The summed E-state index contributed by atoms with van der Waals surface area (Å²) in [6, 6.07) is 5.88. The Morgan fingerprint density at radius 2 is 2.05 bits per heavy atom. The lowest BCUT2D eigenvalue weighted by molar-refractivity contribution is 0.486. The van der Waals surface area contributed by atoms with E-state index in [1.54, 1.807) is 6.20 Å². The van der Waals surface area contributed by atoms with Gasteiger partial charge in [-0.15, -0.1) is 0 Å². The highest BCUT2D eigenvalue weighted by Crippen LogP contribution is 2.08. The van der Waals surface area contributed by atoms with Gasteiger partial charge in [-0.1, -0.05) is 0 Å². The van der Waals surface area contributed by atoms with Gasteiger partial charge in [-0.05, 0) is 32.2 Å². The molecule has 0 bridgehead atoms. The van der Waals surface area contributed by atoms with Gasteiger partial charge in [0.2, 0.25) is 0 Å². The number of nitrogens with zero attached hydrogens (tertiary/aromatic N) is 2. The molecule has 2 aromatic heterocycles. The molecule has 0 aliphatic rings. The molecule has 0 amide bonds. The molecule has 0 saturated heterocycles. The zero-order valence-electron chi connectivity index (χ0n) is 11.4. The second kappa shape index (κ2) is 6.89. The minimum Gasteiger partial charge on any atom is -0.466 e. The van der Waals surface area contributed by atoms with Gasteiger partial charge in [-0.3, -0.25) is 0 Å². The number of likely N-dealkylation sites (N-methyl/N-ethyl adjacent to an activating group) is 1. The van der Waals surface area contributed by atoms with Crippen LogP contribution in [0.25, 0.3) is 0 Å². The third-order valence-corrected chi connectivity index (χ3v) is 2.78. The fourth-order valence-corrected chi connectivity index (χ4v) is 1.79. The van der Waals surface area contributed by atoms with E-state index >= 15 is 0 Å². The number of nitrogens with one attached hydrogen (secondary N) is 2. The van der Waals surface area contributed by atoms with E-state index in [0.29, 0.717) is 0 Å². The van der Waals surface area contributed by atoms with E-state index in [1.165, 1.54) is 0 Å². The Balaban J connectivity index is 1.82. The molecule has 0 fully saturated rings. The smallest absolute Gasteiger partial charge is 0.131 e. The lowest BCUT2D eigenvalue weighted by Gasteiger charge is -2.06. The van der Waals surface area contributed by atoms with Gasteiger partial charge in [0.15, 0.2) is 0 Å². The van der Waals surface area contributed by atoms with E-state index in [4.69, 9.17) is 4.42 Å². The molecule has 0 atom stereocenters. The van der Waals surface area contributed by atoms with E-state index in [-0.39, 0.29) is 0 Å². The summed E-state index contributed by atoms with van der Waals surface area (Å²) in [7, 11) is 1.92. The molecule has 102 valence electrons. The maximum absolute atomic E-state index is 5.52. The number of hydrogen-bond donors (Lipinski definition) is 2. The van der Waals surface area contributed by atoms with Crippen LogP contribution < -0.4 is 10.6 Å². The first kappa shape index (κ1) is 13.5. The number of rotatable bonds is 7. The van der Waals surface area contributed by atoms with Gasteiger partial charge < -0.3 is 15.1 Å². The summed E-state index contributed by atoms with van der Waals surface area (Å²) >= 11 is 0. The Morgan fingerprint density at radius 3 is 2.79 bits per heavy atom.